The van der Waals surface area contributed by atoms with Crippen molar-refractivity contribution in [2.45, 2.75) is 19.3 Å². The van der Waals surface area contributed by atoms with Gasteiger partial charge in [-0.15, -0.1) is 0 Å². The van der Waals surface area contributed by atoms with Crippen LogP contribution in [0.4, 0.5) is 0 Å². The van der Waals surface area contributed by atoms with Crippen LogP contribution in [0.1, 0.15) is 28.8 Å². The number of rotatable bonds is 1. The lowest BCUT2D eigenvalue weighted by Crippen LogP contribution is -2.13. The van der Waals surface area contributed by atoms with E-state index in [2.05, 4.69) is 5.10 Å². The van der Waals surface area contributed by atoms with Gasteiger partial charge >= 0.3 is 0 Å². The molecule has 2 aromatic rings. The summed E-state index contributed by atoms with van der Waals surface area (Å²) in [5, 5.41) is 4.22. The standard InChI is InChI=1S/C13H12N2O/c16-13-7-2-4-10-11(13)5-1-6-12(10)15-9-3-8-14-15/h1,3,5-6,8-9H,2,4,7H2. The van der Waals surface area contributed by atoms with Crippen LogP contribution in [0, 0.1) is 0 Å². The van der Waals surface area contributed by atoms with Gasteiger partial charge < -0.3 is 0 Å². The van der Waals surface area contributed by atoms with E-state index >= 15 is 0 Å². The molecule has 1 heterocycles. The zero-order valence-corrected chi connectivity index (χ0v) is 8.89. The molecule has 1 aromatic carbocycles. The van der Waals surface area contributed by atoms with Gasteiger partial charge in [0.15, 0.2) is 5.78 Å². The molecular formula is C13H12N2O. The number of Topliss-reactive ketones (excluding diaryl/α,β-unsaturated/α-hetero) is 1. The fourth-order valence-electron chi connectivity index (χ4n) is 2.28. The Hall–Kier alpha value is -1.90. The number of hydrogen-bond acceptors (Lipinski definition) is 2. The first-order chi connectivity index (χ1) is 7.86. The summed E-state index contributed by atoms with van der Waals surface area (Å²) in [5.41, 5.74) is 3.05. The topological polar surface area (TPSA) is 34.9 Å². The molecule has 0 saturated heterocycles. The number of aromatic nitrogens is 2. The van der Waals surface area contributed by atoms with Crippen molar-refractivity contribution in [1.82, 2.24) is 9.78 Å². The second-order valence-corrected chi connectivity index (χ2v) is 4.03. The maximum Gasteiger partial charge on any atom is 0.163 e. The summed E-state index contributed by atoms with van der Waals surface area (Å²) >= 11 is 0. The number of benzene rings is 1. The van der Waals surface area contributed by atoms with Crippen LogP contribution in [0.3, 0.4) is 0 Å². The van der Waals surface area contributed by atoms with Gasteiger partial charge in [-0.05, 0) is 30.5 Å². The fraction of sp³-hybridized carbons (Fsp3) is 0.231. The van der Waals surface area contributed by atoms with Gasteiger partial charge in [0.25, 0.3) is 0 Å². The number of hydrogen-bond donors (Lipinski definition) is 0. The van der Waals surface area contributed by atoms with Crippen molar-refractivity contribution >= 4 is 5.78 Å². The molecule has 1 aromatic heterocycles. The van der Waals surface area contributed by atoms with Crippen LogP contribution in [0.25, 0.3) is 5.69 Å². The predicted octanol–water partition coefficient (Wildman–Crippen LogP) is 2.39. The van der Waals surface area contributed by atoms with Gasteiger partial charge in [-0.2, -0.15) is 5.10 Å². The zero-order chi connectivity index (χ0) is 11.0. The first-order valence-electron chi connectivity index (χ1n) is 5.51. The van der Waals surface area contributed by atoms with E-state index in [0.717, 1.165) is 29.7 Å². The Morgan fingerprint density at radius 2 is 2.12 bits per heavy atom. The normalized spacial score (nSPS) is 14.9. The van der Waals surface area contributed by atoms with E-state index in [1.807, 2.05) is 35.1 Å². The molecule has 3 nitrogen and oxygen atoms in total. The summed E-state index contributed by atoms with van der Waals surface area (Å²) in [6, 6.07) is 7.76. The van der Waals surface area contributed by atoms with Gasteiger partial charge in [0.2, 0.25) is 0 Å². The quantitative estimate of drug-likeness (QED) is 0.727. The predicted molar refractivity (Wildman–Crippen MR) is 60.8 cm³/mol. The van der Waals surface area contributed by atoms with Crippen LogP contribution >= 0.6 is 0 Å². The number of carbonyl (C=O) groups excluding carboxylic acids is 1. The molecule has 0 atom stereocenters. The Balaban J connectivity index is 2.20. The molecule has 3 rings (SSSR count). The second kappa shape index (κ2) is 3.59. The zero-order valence-electron chi connectivity index (χ0n) is 8.89. The van der Waals surface area contributed by atoms with Gasteiger partial charge in [0.1, 0.15) is 0 Å². The molecule has 0 bridgehead atoms. The van der Waals surface area contributed by atoms with E-state index in [1.165, 1.54) is 0 Å². The van der Waals surface area contributed by atoms with Crippen LogP contribution < -0.4 is 0 Å². The van der Waals surface area contributed by atoms with Gasteiger partial charge in [-0.3, -0.25) is 4.79 Å². The molecule has 0 unspecified atom stereocenters. The molecular weight excluding hydrogens is 200 g/mol. The Morgan fingerprint density at radius 3 is 2.94 bits per heavy atom. The number of ketones is 1. The van der Waals surface area contributed by atoms with Crippen molar-refractivity contribution in [3.05, 3.63) is 47.8 Å². The second-order valence-electron chi connectivity index (χ2n) is 4.03. The third kappa shape index (κ3) is 1.36. The maximum atomic E-state index is 11.8. The lowest BCUT2D eigenvalue weighted by Gasteiger charge is -2.18. The van der Waals surface area contributed by atoms with Gasteiger partial charge in [-0.1, -0.05) is 12.1 Å². The Morgan fingerprint density at radius 1 is 1.19 bits per heavy atom. The summed E-state index contributed by atoms with van der Waals surface area (Å²) in [4.78, 5) is 11.8. The molecule has 3 heteroatoms. The molecule has 0 fully saturated rings. The van der Waals surface area contributed by atoms with Gasteiger partial charge in [0.05, 0.1) is 5.69 Å². The van der Waals surface area contributed by atoms with Gasteiger partial charge in [0, 0.05) is 24.4 Å². The van der Waals surface area contributed by atoms with Gasteiger partial charge in [-0.25, -0.2) is 4.68 Å². The molecule has 0 aliphatic heterocycles. The lowest BCUT2D eigenvalue weighted by molar-refractivity contribution is 0.0972. The smallest absolute Gasteiger partial charge is 0.163 e. The summed E-state index contributed by atoms with van der Waals surface area (Å²) in [6.07, 6.45) is 6.26. The maximum absolute atomic E-state index is 11.8. The first kappa shape index (κ1) is 9.33. The number of carbonyl (C=O) groups is 1. The third-order valence-corrected chi connectivity index (χ3v) is 3.03. The minimum atomic E-state index is 0.259. The van der Waals surface area contributed by atoms with Crippen molar-refractivity contribution in [3.8, 4) is 5.69 Å². The molecule has 80 valence electrons. The van der Waals surface area contributed by atoms with E-state index in [1.54, 1.807) is 6.20 Å². The highest BCUT2D eigenvalue weighted by atomic mass is 16.1. The summed E-state index contributed by atoms with van der Waals surface area (Å²) < 4.78 is 1.83. The van der Waals surface area contributed by atoms with Crippen LogP contribution in [-0.2, 0) is 6.42 Å². The van der Waals surface area contributed by atoms with Crippen molar-refractivity contribution in [2.75, 3.05) is 0 Å². The molecule has 0 saturated carbocycles. The molecule has 1 aliphatic carbocycles. The Labute approximate surface area is 93.7 Å². The highest BCUT2D eigenvalue weighted by molar-refractivity contribution is 5.99. The van der Waals surface area contributed by atoms with Crippen LogP contribution in [0.15, 0.2) is 36.7 Å². The number of nitrogens with zero attached hydrogens (tertiary/aromatic N) is 2. The van der Waals surface area contributed by atoms with Crippen molar-refractivity contribution in [1.29, 1.82) is 0 Å². The lowest BCUT2D eigenvalue weighted by atomic mass is 9.89. The van der Waals surface area contributed by atoms with E-state index < -0.39 is 0 Å². The highest BCUT2D eigenvalue weighted by Crippen LogP contribution is 2.26. The van der Waals surface area contributed by atoms with E-state index in [0.29, 0.717) is 6.42 Å². The minimum Gasteiger partial charge on any atom is -0.294 e. The fourth-order valence-corrected chi connectivity index (χ4v) is 2.28. The molecule has 0 amide bonds. The Kier molecular flexibility index (Phi) is 2.10. The van der Waals surface area contributed by atoms with Crippen LogP contribution in [0.2, 0.25) is 0 Å². The van der Waals surface area contributed by atoms with E-state index in [4.69, 9.17) is 0 Å². The largest absolute Gasteiger partial charge is 0.294 e. The molecule has 16 heavy (non-hydrogen) atoms. The Bertz CT molecular complexity index is 529. The summed E-state index contributed by atoms with van der Waals surface area (Å²) in [5.74, 6) is 0.259. The molecule has 0 radical (unpaired) electrons. The third-order valence-electron chi connectivity index (χ3n) is 3.03. The SMILES string of the molecule is O=C1CCCc2c1cccc2-n1cccn1. The van der Waals surface area contributed by atoms with Crippen molar-refractivity contribution < 1.29 is 4.79 Å². The first-order valence-corrected chi connectivity index (χ1v) is 5.51. The number of fused-ring (bicyclic) bond motifs is 1. The molecule has 0 N–H and O–H groups in total. The summed E-state index contributed by atoms with van der Waals surface area (Å²) in [7, 11) is 0. The molecule has 0 spiro atoms. The van der Waals surface area contributed by atoms with E-state index in [-0.39, 0.29) is 5.78 Å². The minimum absolute atomic E-state index is 0.259. The average molecular weight is 212 g/mol. The van der Waals surface area contributed by atoms with Crippen LogP contribution in [0.5, 0.6) is 0 Å². The molecule has 1 aliphatic rings. The van der Waals surface area contributed by atoms with E-state index in [9.17, 15) is 4.79 Å². The van der Waals surface area contributed by atoms with Crippen molar-refractivity contribution in [3.63, 3.8) is 0 Å². The average Bonchev–Trinajstić information content (AvgIpc) is 2.82. The van der Waals surface area contributed by atoms with Crippen molar-refractivity contribution in [2.24, 2.45) is 0 Å². The van der Waals surface area contributed by atoms with Crippen LogP contribution in [-0.4, -0.2) is 15.6 Å². The highest BCUT2D eigenvalue weighted by Gasteiger charge is 2.19. The monoisotopic (exact) mass is 212 g/mol. The summed E-state index contributed by atoms with van der Waals surface area (Å²) in [6.45, 7) is 0.